The van der Waals surface area contributed by atoms with Crippen LogP contribution >= 0.6 is 15.9 Å². The number of aryl methyl sites for hydroxylation is 1. The molecular formula is C16H15BrF3N3O. The number of hydrogen-bond acceptors (Lipinski definition) is 3. The lowest BCUT2D eigenvalue weighted by atomic mass is 9.97. The maximum atomic E-state index is 13.2. The highest BCUT2D eigenvalue weighted by Crippen LogP contribution is 2.37. The summed E-state index contributed by atoms with van der Waals surface area (Å²) in [5, 5.41) is 0. The van der Waals surface area contributed by atoms with Crippen LogP contribution in [0.4, 0.5) is 13.2 Å². The van der Waals surface area contributed by atoms with Gasteiger partial charge in [-0.2, -0.15) is 13.2 Å². The summed E-state index contributed by atoms with van der Waals surface area (Å²) in [7, 11) is 0. The molecule has 0 unspecified atom stereocenters. The van der Waals surface area contributed by atoms with E-state index in [1.54, 1.807) is 6.92 Å². The normalized spacial score (nSPS) is 13.0. The number of aromatic amines is 1. The van der Waals surface area contributed by atoms with Crippen molar-refractivity contribution < 1.29 is 17.6 Å². The van der Waals surface area contributed by atoms with Crippen LogP contribution in [0.3, 0.4) is 0 Å². The number of nitrogens with zero attached hydrogens (tertiary/aromatic N) is 2. The maximum Gasteiger partial charge on any atom is 0.418 e. The molecule has 0 radical (unpaired) electrons. The average Bonchev–Trinajstić information content (AvgIpc) is 2.98. The van der Waals surface area contributed by atoms with Gasteiger partial charge in [0.05, 0.1) is 16.6 Å². The largest absolute Gasteiger partial charge is 0.445 e. The Morgan fingerprint density at radius 2 is 1.79 bits per heavy atom. The van der Waals surface area contributed by atoms with Crippen molar-refractivity contribution in [3.8, 4) is 11.5 Å². The number of alkyl halides is 3. The number of halogens is 4. The number of H-pyrrole nitrogens is 1. The molecule has 128 valence electrons. The van der Waals surface area contributed by atoms with Crippen LogP contribution in [0.15, 0.2) is 21.0 Å². The number of nitrogens with one attached hydrogen (secondary N) is 1. The van der Waals surface area contributed by atoms with Crippen molar-refractivity contribution in [1.82, 2.24) is 15.0 Å². The van der Waals surface area contributed by atoms with Gasteiger partial charge in [0.25, 0.3) is 0 Å². The molecule has 3 rings (SSSR count). The summed E-state index contributed by atoms with van der Waals surface area (Å²) in [6.07, 6.45) is -4.48. The van der Waals surface area contributed by atoms with E-state index in [4.69, 9.17) is 4.42 Å². The van der Waals surface area contributed by atoms with E-state index in [-0.39, 0.29) is 22.3 Å². The first-order valence-corrected chi connectivity index (χ1v) is 8.01. The van der Waals surface area contributed by atoms with Crippen LogP contribution in [0.1, 0.15) is 38.0 Å². The standard InChI is InChI=1S/C16H15BrF3N3O/c1-7-11(23-14(24-7)15(2,3)4)13-21-10-6-8(17)5-9(12(10)22-13)16(18,19)20/h5-6H,1-4H3,(H,21,22). The molecule has 0 aliphatic carbocycles. The molecule has 4 nitrogen and oxygen atoms in total. The molecule has 1 aromatic carbocycles. The van der Waals surface area contributed by atoms with Crippen LogP contribution in [-0.4, -0.2) is 15.0 Å². The first-order valence-electron chi connectivity index (χ1n) is 7.21. The highest BCUT2D eigenvalue weighted by Gasteiger charge is 2.34. The van der Waals surface area contributed by atoms with Crippen molar-refractivity contribution in [2.24, 2.45) is 0 Å². The summed E-state index contributed by atoms with van der Waals surface area (Å²) in [6.45, 7) is 7.55. The lowest BCUT2D eigenvalue weighted by molar-refractivity contribution is -0.136. The molecule has 2 aromatic heterocycles. The number of oxazole rings is 1. The molecule has 0 aliphatic rings. The zero-order valence-electron chi connectivity index (χ0n) is 13.5. The molecule has 24 heavy (non-hydrogen) atoms. The van der Waals surface area contributed by atoms with Gasteiger partial charge in [0.1, 0.15) is 11.5 Å². The summed E-state index contributed by atoms with van der Waals surface area (Å²) in [5.41, 5.74) is -0.523. The molecule has 0 fully saturated rings. The van der Waals surface area contributed by atoms with E-state index in [1.807, 2.05) is 20.8 Å². The zero-order chi connectivity index (χ0) is 17.9. The van der Waals surface area contributed by atoms with E-state index in [1.165, 1.54) is 6.07 Å². The van der Waals surface area contributed by atoms with Crippen molar-refractivity contribution >= 4 is 27.0 Å². The summed E-state index contributed by atoms with van der Waals surface area (Å²) in [6, 6.07) is 2.56. The van der Waals surface area contributed by atoms with E-state index in [0.29, 0.717) is 21.8 Å². The van der Waals surface area contributed by atoms with E-state index in [0.717, 1.165) is 6.07 Å². The molecule has 0 saturated heterocycles. The van der Waals surface area contributed by atoms with Crippen molar-refractivity contribution in [3.05, 3.63) is 33.8 Å². The number of aromatic nitrogens is 3. The fourth-order valence-corrected chi connectivity index (χ4v) is 2.80. The third kappa shape index (κ3) is 2.94. The molecule has 0 amide bonds. The second-order valence-electron chi connectivity index (χ2n) is 6.60. The van der Waals surface area contributed by atoms with E-state index in [2.05, 4.69) is 30.9 Å². The molecule has 0 spiro atoms. The predicted octanol–water partition coefficient (Wildman–Crippen LogP) is 5.61. The smallest absolute Gasteiger partial charge is 0.418 e. The number of hydrogen-bond donors (Lipinski definition) is 1. The van der Waals surface area contributed by atoms with Gasteiger partial charge in [-0.1, -0.05) is 36.7 Å². The topological polar surface area (TPSA) is 54.7 Å². The van der Waals surface area contributed by atoms with Crippen molar-refractivity contribution in [1.29, 1.82) is 0 Å². The monoisotopic (exact) mass is 401 g/mol. The van der Waals surface area contributed by atoms with Crippen LogP contribution in [0.5, 0.6) is 0 Å². The molecule has 0 saturated carbocycles. The lowest BCUT2D eigenvalue weighted by Crippen LogP contribution is -2.11. The van der Waals surface area contributed by atoms with Gasteiger partial charge >= 0.3 is 6.18 Å². The highest BCUT2D eigenvalue weighted by atomic mass is 79.9. The van der Waals surface area contributed by atoms with Gasteiger partial charge in [0, 0.05) is 9.89 Å². The number of imidazole rings is 1. The summed E-state index contributed by atoms with van der Waals surface area (Å²) in [4.78, 5) is 11.4. The molecule has 1 N–H and O–H groups in total. The third-order valence-electron chi connectivity index (χ3n) is 3.53. The summed E-state index contributed by atoms with van der Waals surface area (Å²) in [5.74, 6) is 1.27. The fourth-order valence-electron chi connectivity index (χ4n) is 2.35. The van der Waals surface area contributed by atoms with Crippen LogP contribution in [0.2, 0.25) is 0 Å². The van der Waals surface area contributed by atoms with Gasteiger partial charge in [0.2, 0.25) is 0 Å². The Bertz CT molecular complexity index is 919. The third-order valence-corrected chi connectivity index (χ3v) is 3.98. The molecule has 8 heteroatoms. The minimum Gasteiger partial charge on any atom is -0.445 e. The van der Waals surface area contributed by atoms with Gasteiger partial charge < -0.3 is 9.40 Å². The number of rotatable bonds is 1. The van der Waals surface area contributed by atoms with Gasteiger partial charge in [-0.3, -0.25) is 0 Å². The Kier molecular flexibility index (Phi) is 3.78. The predicted molar refractivity (Wildman–Crippen MR) is 87.7 cm³/mol. The lowest BCUT2D eigenvalue weighted by Gasteiger charge is -2.11. The Morgan fingerprint density at radius 3 is 2.33 bits per heavy atom. The van der Waals surface area contributed by atoms with Crippen LogP contribution < -0.4 is 0 Å². The van der Waals surface area contributed by atoms with Crippen molar-refractivity contribution in [3.63, 3.8) is 0 Å². The Labute approximate surface area is 144 Å². The fraction of sp³-hybridized carbons (Fsp3) is 0.375. The summed E-state index contributed by atoms with van der Waals surface area (Å²) < 4.78 is 45.7. The van der Waals surface area contributed by atoms with Gasteiger partial charge in [-0.05, 0) is 19.1 Å². The number of benzene rings is 1. The molecule has 3 aromatic rings. The first-order chi connectivity index (χ1) is 11.0. The SMILES string of the molecule is Cc1oc(C(C)(C)C)nc1-c1nc2cc(Br)cc(C(F)(F)F)c2[nH]1. The molecule has 2 heterocycles. The molecular weight excluding hydrogens is 387 g/mol. The quantitative estimate of drug-likeness (QED) is 0.576. The van der Waals surface area contributed by atoms with Gasteiger partial charge in [-0.15, -0.1) is 0 Å². The minimum atomic E-state index is -4.48. The zero-order valence-corrected chi connectivity index (χ0v) is 15.1. The van der Waals surface area contributed by atoms with E-state index < -0.39 is 11.7 Å². The van der Waals surface area contributed by atoms with Crippen LogP contribution in [0.25, 0.3) is 22.6 Å². The minimum absolute atomic E-state index is 0.0691. The molecule has 0 atom stereocenters. The van der Waals surface area contributed by atoms with Crippen LogP contribution in [-0.2, 0) is 11.6 Å². The van der Waals surface area contributed by atoms with Gasteiger partial charge in [0.15, 0.2) is 11.7 Å². The molecule has 0 aliphatic heterocycles. The Morgan fingerprint density at radius 1 is 1.12 bits per heavy atom. The van der Waals surface area contributed by atoms with E-state index >= 15 is 0 Å². The highest BCUT2D eigenvalue weighted by molar-refractivity contribution is 9.10. The summed E-state index contributed by atoms with van der Waals surface area (Å²) >= 11 is 3.10. The second-order valence-corrected chi connectivity index (χ2v) is 7.52. The number of fused-ring (bicyclic) bond motifs is 1. The van der Waals surface area contributed by atoms with Crippen molar-refractivity contribution in [2.75, 3.05) is 0 Å². The maximum absolute atomic E-state index is 13.2. The molecule has 0 bridgehead atoms. The Balaban J connectivity index is 2.21. The average molecular weight is 402 g/mol. The van der Waals surface area contributed by atoms with Crippen molar-refractivity contribution in [2.45, 2.75) is 39.3 Å². The van der Waals surface area contributed by atoms with E-state index in [9.17, 15) is 13.2 Å². The second kappa shape index (κ2) is 5.34. The Hall–Kier alpha value is -1.83. The first kappa shape index (κ1) is 17.0. The van der Waals surface area contributed by atoms with Gasteiger partial charge in [-0.25, -0.2) is 9.97 Å². The van der Waals surface area contributed by atoms with Crippen LogP contribution in [0, 0.1) is 6.92 Å².